The molecule has 0 aliphatic carbocycles. The van der Waals surface area contributed by atoms with Crippen LogP contribution in [0.5, 0.6) is 0 Å². The average molecular weight is 298 g/mol. The molecule has 21 heavy (non-hydrogen) atoms. The van der Waals surface area contributed by atoms with E-state index in [9.17, 15) is 14.9 Å². The molecule has 8 nitrogen and oxygen atoms in total. The van der Waals surface area contributed by atoms with Crippen LogP contribution in [0.4, 0.5) is 11.4 Å². The van der Waals surface area contributed by atoms with Crippen molar-refractivity contribution in [3.05, 3.63) is 33.4 Å². The van der Waals surface area contributed by atoms with Gasteiger partial charge in [-0.1, -0.05) is 0 Å². The fourth-order valence-corrected chi connectivity index (χ4v) is 1.94. The summed E-state index contributed by atoms with van der Waals surface area (Å²) in [5.74, 6) is -1.24. The predicted octanol–water partition coefficient (Wildman–Crippen LogP) is 1.41. The van der Waals surface area contributed by atoms with Gasteiger partial charge in [0.15, 0.2) is 0 Å². The number of carboxylic acids is 1. The Balaban J connectivity index is 3.20. The van der Waals surface area contributed by atoms with E-state index in [0.29, 0.717) is 17.7 Å². The molecule has 0 bridgehead atoms. The third-order valence-electron chi connectivity index (χ3n) is 3.03. The van der Waals surface area contributed by atoms with Gasteiger partial charge in [0, 0.05) is 31.0 Å². The summed E-state index contributed by atoms with van der Waals surface area (Å²) in [4.78, 5) is 21.4. The minimum absolute atomic E-state index is 0.0826. The maximum Gasteiger partial charge on any atom is 0.336 e. The lowest BCUT2D eigenvalue weighted by molar-refractivity contribution is -0.385. The van der Waals surface area contributed by atoms with Gasteiger partial charge in [-0.2, -0.15) is 0 Å². The van der Waals surface area contributed by atoms with Gasteiger partial charge >= 0.3 is 5.97 Å². The largest absolute Gasteiger partial charge is 0.478 e. The maximum atomic E-state index is 11.1. The van der Waals surface area contributed by atoms with Gasteiger partial charge in [-0.3, -0.25) is 10.1 Å². The van der Waals surface area contributed by atoms with Crippen LogP contribution in [0.1, 0.15) is 22.3 Å². The van der Waals surface area contributed by atoms with Crippen molar-refractivity contribution in [1.82, 2.24) is 0 Å². The van der Waals surface area contributed by atoms with E-state index >= 15 is 0 Å². The van der Waals surface area contributed by atoms with Crippen LogP contribution >= 0.6 is 0 Å². The summed E-state index contributed by atoms with van der Waals surface area (Å²) < 4.78 is 5.00. The number of carboxylic acid groups (broad SMARTS) is 1. The van der Waals surface area contributed by atoms with E-state index in [0.717, 1.165) is 6.07 Å². The van der Waals surface area contributed by atoms with Crippen molar-refractivity contribution in [3.8, 4) is 0 Å². The van der Waals surface area contributed by atoms with Gasteiger partial charge in [-0.15, -0.1) is 0 Å². The first kappa shape index (κ1) is 16.9. The smallest absolute Gasteiger partial charge is 0.336 e. The number of hydrogen-bond acceptors (Lipinski definition) is 6. The second-order valence-corrected chi connectivity index (χ2v) is 4.54. The molecular formula is C13H18N2O6. The number of rotatable bonds is 8. The molecule has 0 aromatic heterocycles. The highest BCUT2D eigenvalue weighted by molar-refractivity contribution is 5.90. The summed E-state index contributed by atoms with van der Waals surface area (Å²) in [6.45, 7) is 1.74. The average Bonchev–Trinajstić information content (AvgIpc) is 2.40. The van der Waals surface area contributed by atoms with E-state index in [1.165, 1.54) is 20.1 Å². The van der Waals surface area contributed by atoms with E-state index in [2.05, 4.69) is 5.32 Å². The molecule has 1 unspecified atom stereocenters. The second kappa shape index (κ2) is 7.55. The number of aliphatic hydroxyl groups excluding tert-OH is 1. The third kappa shape index (κ3) is 4.40. The van der Waals surface area contributed by atoms with Gasteiger partial charge in [0.2, 0.25) is 0 Å². The Morgan fingerprint density at radius 1 is 1.52 bits per heavy atom. The summed E-state index contributed by atoms with van der Waals surface area (Å²) in [7, 11) is 1.50. The van der Waals surface area contributed by atoms with Gasteiger partial charge in [-0.25, -0.2) is 4.79 Å². The fourth-order valence-electron chi connectivity index (χ4n) is 1.94. The molecule has 1 rings (SSSR count). The van der Waals surface area contributed by atoms with Gasteiger partial charge < -0.3 is 20.3 Å². The molecule has 8 heteroatoms. The van der Waals surface area contributed by atoms with Crippen LogP contribution in [0.3, 0.4) is 0 Å². The number of nitrogens with zero attached hydrogens (tertiary/aromatic N) is 1. The first-order valence-corrected chi connectivity index (χ1v) is 6.29. The standard InChI is InChI=1S/C13H18N2O6/c1-8-11(14-10(3-4-16)7-21-2)5-9(13(17)18)6-12(8)15(19)20/h5-6,10,14,16H,3-4,7H2,1-2H3,(H,17,18). The highest BCUT2D eigenvalue weighted by Crippen LogP contribution is 2.28. The highest BCUT2D eigenvalue weighted by atomic mass is 16.6. The molecular weight excluding hydrogens is 280 g/mol. The van der Waals surface area contributed by atoms with E-state index in [-0.39, 0.29) is 30.5 Å². The Kier molecular flexibility index (Phi) is 6.07. The number of ether oxygens (including phenoxy) is 1. The predicted molar refractivity (Wildman–Crippen MR) is 75.8 cm³/mol. The molecule has 0 saturated carbocycles. The van der Waals surface area contributed by atoms with Crippen molar-refractivity contribution in [3.63, 3.8) is 0 Å². The first-order chi connectivity index (χ1) is 9.90. The quantitative estimate of drug-likeness (QED) is 0.490. The molecule has 0 amide bonds. The second-order valence-electron chi connectivity index (χ2n) is 4.54. The number of aliphatic hydroxyl groups is 1. The molecule has 1 aromatic carbocycles. The third-order valence-corrected chi connectivity index (χ3v) is 3.03. The van der Waals surface area contributed by atoms with Gasteiger partial charge in [0.1, 0.15) is 0 Å². The summed E-state index contributed by atoms with van der Waals surface area (Å²) in [5.41, 5.74) is 0.244. The monoisotopic (exact) mass is 298 g/mol. The molecule has 0 aliphatic rings. The Morgan fingerprint density at radius 3 is 2.67 bits per heavy atom. The van der Waals surface area contributed by atoms with Crippen LogP contribution in [-0.2, 0) is 4.74 Å². The zero-order valence-electron chi connectivity index (χ0n) is 11.8. The van der Waals surface area contributed by atoms with Crippen molar-refractivity contribution < 1.29 is 24.7 Å². The van der Waals surface area contributed by atoms with Gasteiger partial charge in [0.05, 0.1) is 23.1 Å². The summed E-state index contributed by atoms with van der Waals surface area (Å²) in [6.07, 6.45) is 0.373. The fraction of sp³-hybridized carbons (Fsp3) is 0.462. The number of hydrogen-bond donors (Lipinski definition) is 3. The Labute approximate surface area is 121 Å². The molecule has 1 atom stereocenters. The van der Waals surface area contributed by atoms with E-state index in [1.807, 2.05) is 0 Å². The zero-order chi connectivity index (χ0) is 16.0. The van der Waals surface area contributed by atoms with Crippen LogP contribution in [0.2, 0.25) is 0 Å². The number of methoxy groups -OCH3 is 1. The topological polar surface area (TPSA) is 122 Å². The Morgan fingerprint density at radius 2 is 2.19 bits per heavy atom. The minimum atomic E-state index is -1.24. The molecule has 116 valence electrons. The van der Waals surface area contributed by atoms with Crippen molar-refractivity contribution in [2.75, 3.05) is 25.6 Å². The lowest BCUT2D eigenvalue weighted by atomic mass is 10.1. The van der Waals surface area contributed by atoms with Crippen LogP contribution < -0.4 is 5.32 Å². The maximum absolute atomic E-state index is 11.1. The lowest BCUT2D eigenvalue weighted by Gasteiger charge is -2.20. The Bertz CT molecular complexity index is 526. The van der Waals surface area contributed by atoms with E-state index in [1.54, 1.807) is 0 Å². The zero-order valence-corrected chi connectivity index (χ0v) is 11.8. The van der Waals surface area contributed by atoms with Crippen LogP contribution in [0.25, 0.3) is 0 Å². The lowest BCUT2D eigenvalue weighted by Crippen LogP contribution is -2.26. The normalized spacial score (nSPS) is 12.0. The van der Waals surface area contributed by atoms with Gasteiger partial charge in [-0.05, 0) is 19.4 Å². The number of nitro groups is 1. The van der Waals surface area contributed by atoms with Gasteiger partial charge in [0.25, 0.3) is 5.69 Å². The number of anilines is 1. The molecule has 0 aliphatic heterocycles. The van der Waals surface area contributed by atoms with Crippen LogP contribution in [-0.4, -0.2) is 47.5 Å². The summed E-state index contributed by atoms with van der Waals surface area (Å²) >= 11 is 0. The molecule has 1 aromatic rings. The molecule has 0 radical (unpaired) electrons. The van der Waals surface area contributed by atoms with Crippen molar-refractivity contribution in [2.45, 2.75) is 19.4 Å². The van der Waals surface area contributed by atoms with Crippen LogP contribution in [0, 0.1) is 17.0 Å². The van der Waals surface area contributed by atoms with E-state index in [4.69, 9.17) is 14.9 Å². The van der Waals surface area contributed by atoms with Crippen molar-refractivity contribution >= 4 is 17.3 Å². The summed E-state index contributed by atoms with van der Waals surface area (Å²) in [5, 5.41) is 32.0. The highest BCUT2D eigenvalue weighted by Gasteiger charge is 2.20. The van der Waals surface area contributed by atoms with E-state index < -0.39 is 10.9 Å². The SMILES string of the molecule is COCC(CCO)Nc1cc(C(=O)O)cc([N+](=O)[O-])c1C. The molecule has 0 spiro atoms. The number of nitro benzene ring substituents is 1. The number of nitrogens with one attached hydrogen (secondary N) is 1. The number of benzene rings is 1. The molecule has 0 fully saturated rings. The van der Waals surface area contributed by atoms with Crippen molar-refractivity contribution in [1.29, 1.82) is 0 Å². The molecule has 0 saturated heterocycles. The Hall–Kier alpha value is -2.19. The molecule has 3 N–H and O–H groups in total. The first-order valence-electron chi connectivity index (χ1n) is 6.29. The minimum Gasteiger partial charge on any atom is -0.478 e. The van der Waals surface area contributed by atoms with Crippen molar-refractivity contribution in [2.24, 2.45) is 0 Å². The number of aromatic carboxylic acids is 1. The number of carbonyl (C=O) groups is 1. The summed E-state index contributed by atoms with van der Waals surface area (Å²) in [6, 6.07) is 2.09. The molecule has 0 heterocycles. The van der Waals surface area contributed by atoms with Crippen LogP contribution in [0.15, 0.2) is 12.1 Å².